The standard InChI is InChI=1S/C14H22FNO2/c1-14(2,18-4)8-7-12(16)10-5-6-11(15)13(9-10)17-3/h5-6,9,12H,7-8,16H2,1-4H3. The van der Waals surface area contributed by atoms with Gasteiger partial charge in [-0.15, -0.1) is 0 Å². The molecule has 0 bridgehead atoms. The zero-order chi connectivity index (χ0) is 13.8. The second-order valence-electron chi connectivity index (χ2n) is 5.00. The van der Waals surface area contributed by atoms with Crippen molar-refractivity contribution in [1.82, 2.24) is 0 Å². The van der Waals surface area contributed by atoms with Crippen molar-refractivity contribution in [3.63, 3.8) is 0 Å². The van der Waals surface area contributed by atoms with Crippen LogP contribution in [-0.2, 0) is 4.74 Å². The summed E-state index contributed by atoms with van der Waals surface area (Å²) in [6.45, 7) is 4.04. The first-order valence-electron chi connectivity index (χ1n) is 6.04. The van der Waals surface area contributed by atoms with E-state index in [1.54, 1.807) is 19.2 Å². The molecule has 2 N–H and O–H groups in total. The van der Waals surface area contributed by atoms with Crippen LogP contribution >= 0.6 is 0 Å². The number of ether oxygens (including phenoxy) is 2. The van der Waals surface area contributed by atoms with E-state index in [-0.39, 0.29) is 23.2 Å². The molecule has 0 radical (unpaired) electrons. The van der Waals surface area contributed by atoms with Crippen LogP contribution < -0.4 is 10.5 Å². The number of rotatable bonds is 6. The zero-order valence-electron chi connectivity index (χ0n) is 11.5. The van der Waals surface area contributed by atoms with Crippen LogP contribution in [0.4, 0.5) is 4.39 Å². The molecule has 0 spiro atoms. The van der Waals surface area contributed by atoms with Crippen molar-refractivity contribution in [2.24, 2.45) is 5.73 Å². The van der Waals surface area contributed by atoms with Crippen LogP contribution in [0.2, 0.25) is 0 Å². The molecular weight excluding hydrogens is 233 g/mol. The van der Waals surface area contributed by atoms with E-state index in [1.165, 1.54) is 13.2 Å². The number of hydrogen-bond acceptors (Lipinski definition) is 3. The van der Waals surface area contributed by atoms with Crippen molar-refractivity contribution < 1.29 is 13.9 Å². The summed E-state index contributed by atoms with van der Waals surface area (Å²) in [6.07, 6.45) is 1.61. The van der Waals surface area contributed by atoms with E-state index in [0.717, 1.165) is 18.4 Å². The predicted molar refractivity (Wildman–Crippen MR) is 70.2 cm³/mol. The molecule has 0 amide bonds. The van der Waals surface area contributed by atoms with E-state index >= 15 is 0 Å². The highest BCUT2D eigenvalue weighted by Gasteiger charge is 2.19. The third-order valence-corrected chi connectivity index (χ3v) is 3.21. The Bertz CT molecular complexity index is 393. The second kappa shape index (κ2) is 6.16. The van der Waals surface area contributed by atoms with E-state index in [9.17, 15) is 4.39 Å². The summed E-state index contributed by atoms with van der Waals surface area (Å²) < 4.78 is 23.6. The fourth-order valence-corrected chi connectivity index (χ4v) is 1.68. The average molecular weight is 255 g/mol. The third kappa shape index (κ3) is 3.96. The molecule has 1 unspecified atom stereocenters. The van der Waals surface area contributed by atoms with Gasteiger partial charge in [0.25, 0.3) is 0 Å². The van der Waals surface area contributed by atoms with Crippen molar-refractivity contribution in [2.45, 2.75) is 38.3 Å². The van der Waals surface area contributed by atoms with E-state index in [0.29, 0.717) is 0 Å². The summed E-state index contributed by atoms with van der Waals surface area (Å²) in [6, 6.07) is 4.59. The summed E-state index contributed by atoms with van der Waals surface area (Å²) in [7, 11) is 3.13. The minimum atomic E-state index is -0.370. The Morgan fingerprint density at radius 2 is 2.00 bits per heavy atom. The van der Waals surface area contributed by atoms with E-state index in [1.807, 2.05) is 13.8 Å². The minimum absolute atomic E-state index is 0.145. The van der Waals surface area contributed by atoms with Gasteiger partial charge in [0.15, 0.2) is 11.6 Å². The van der Waals surface area contributed by atoms with Gasteiger partial charge in [-0.3, -0.25) is 0 Å². The molecule has 0 aliphatic carbocycles. The minimum Gasteiger partial charge on any atom is -0.494 e. The molecule has 0 saturated carbocycles. The van der Waals surface area contributed by atoms with Crippen molar-refractivity contribution in [1.29, 1.82) is 0 Å². The molecule has 0 aliphatic heterocycles. The average Bonchev–Trinajstić information content (AvgIpc) is 2.36. The molecule has 102 valence electrons. The van der Waals surface area contributed by atoms with Gasteiger partial charge >= 0.3 is 0 Å². The highest BCUT2D eigenvalue weighted by Crippen LogP contribution is 2.26. The molecule has 1 aromatic carbocycles. The molecule has 1 atom stereocenters. The van der Waals surface area contributed by atoms with Gasteiger partial charge in [-0.2, -0.15) is 0 Å². The molecule has 0 heterocycles. The first-order valence-corrected chi connectivity index (χ1v) is 6.04. The number of methoxy groups -OCH3 is 2. The highest BCUT2D eigenvalue weighted by atomic mass is 19.1. The summed E-state index contributed by atoms with van der Waals surface area (Å²) in [4.78, 5) is 0. The molecule has 0 fully saturated rings. The number of hydrogen-bond donors (Lipinski definition) is 1. The molecule has 0 saturated heterocycles. The molecule has 18 heavy (non-hydrogen) atoms. The predicted octanol–water partition coefficient (Wildman–Crippen LogP) is 3.04. The quantitative estimate of drug-likeness (QED) is 0.849. The van der Waals surface area contributed by atoms with E-state index in [4.69, 9.17) is 15.2 Å². The molecule has 3 nitrogen and oxygen atoms in total. The van der Waals surface area contributed by atoms with Gasteiger partial charge in [0, 0.05) is 13.2 Å². The first-order chi connectivity index (χ1) is 8.39. The monoisotopic (exact) mass is 255 g/mol. The molecular formula is C14H22FNO2. The van der Waals surface area contributed by atoms with Gasteiger partial charge in [0.1, 0.15) is 0 Å². The summed E-state index contributed by atoms with van der Waals surface area (Å²) in [5, 5.41) is 0. The second-order valence-corrected chi connectivity index (χ2v) is 5.00. The summed E-state index contributed by atoms with van der Waals surface area (Å²) >= 11 is 0. The zero-order valence-corrected chi connectivity index (χ0v) is 11.5. The fourth-order valence-electron chi connectivity index (χ4n) is 1.68. The fraction of sp³-hybridized carbons (Fsp3) is 0.571. The van der Waals surface area contributed by atoms with Crippen molar-refractivity contribution >= 4 is 0 Å². The highest BCUT2D eigenvalue weighted by molar-refractivity contribution is 5.32. The van der Waals surface area contributed by atoms with Crippen molar-refractivity contribution in [2.75, 3.05) is 14.2 Å². The Balaban J connectivity index is 2.70. The lowest BCUT2D eigenvalue weighted by molar-refractivity contribution is 0.0125. The number of nitrogens with two attached hydrogens (primary N) is 1. The first kappa shape index (κ1) is 14.9. The van der Waals surface area contributed by atoms with E-state index < -0.39 is 0 Å². The number of halogens is 1. The van der Waals surface area contributed by atoms with Gasteiger partial charge in [0.2, 0.25) is 0 Å². The topological polar surface area (TPSA) is 44.5 Å². The SMILES string of the molecule is COc1cc(C(N)CCC(C)(C)OC)ccc1F. The molecule has 0 aliphatic rings. The Labute approximate surface area is 108 Å². The van der Waals surface area contributed by atoms with Gasteiger partial charge in [-0.05, 0) is 44.4 Å². The number of benzene rings is 1. The maximum atomic E-state index is 13.3. The summed E-state index contributed by atoms with van der Waals surface area (Å²) in [5.41, 5.74) is 6.78. The van der Waals surface area contributed by atoms with Crippen molar-refractivity contribution in [3.05, 3.63) is 29.6 Å². The molecule has 1 aromatic rings. The van der Waals surface area contributed by atoms with Crippen LogP contribution in [0.5, 0.6) is 5.75 Å². The van der Waals surface area contributed by atoms with Gasteiger partial charge < -0.3 is 15.2 Å². The van der Waals surface area contributed by atoms with Crippen LogP contribution in [-0.4, -0.2) is 19.8 Å². The lowest BCUT2D eigenvalue weighted by atomic mass is 9.95. The van der Waals surface area contributed by atoms with Crippen LogP contribution in [0.15, 0.2) is 18.2 Å². The third-order valence-electron chi connectivity index (χ3n) is 3.21. The Morgan fingerprint density at radius 3 is 2.56 bits per heavy atom. The molecule has 0 aromatic heterocycles. The Morgan fingerprint density at radius 1 is 1.33 bits per heavy atom. The van der Waals surface area contributed by atoms with Gasteiger partial charge in [-0.25, -0.2) is 4.39 Å². The lowest BCUT2D eigenvalue weighted by Crippen LogP contribution is -2.24. The lowest BCUT2D eigenvalue weighted by Gasteiger charge is -2.24. The molecule has 1 rings (SSSR count). The Kier molecular flexibility index (Phi) is 5.11. The van der Waals surface area contributed by atoms with Crippen molar-refractivity contribution in [3.8, 4) is 5.75 Å². The van der Waals surface area contributed by atoms with Gasteiger partial charge in [-0.1, -0.05) is 6.07 Å². The van der Waals surface area contributed by atoms with Crippen LogP contribution in [0.25, 0.3) is 0 Å². The Hall–Kier alpha value is -1.13. The van der Waals surface area contributed by atoms with Crippen LogP contribution in [0.1, 0.15) is 38.3 Å². The van der Waals surface area contributed by atoms with Crippen LogP contribution in [0, 0.1) is 5.82 Å². The van der Waals surface area contributed by atoms with Gasteiger partial charge in [0.05, 0.1) is 12.7 Å². The van der Waals surface area contributed by atoms with Crippen LogP contribution in [0.3, 0.4) is 0 Å². The molecule has 4 heteroatoms. The summed E-state index contributed by atoms with van der Waals surface area (Å²) in [5.74, 6) is -0.139. The maximum Gasteiger partial charge on any atom is 0.165 e. The normalized spacial score (nSPS) is 13.4. The maximum absolute atomic E-state index is 13.3. The smallest absolute Gasteiger partial charge is 0.165 e. The van der Waals surface area contributed by atoms with E-state index in [2.05, 4.69) is 0 Å². The largest absolute Gasteiger partial charge is 0.494 e.